The Balaban J connectivity index is 1.37. The van der Waals surface area contributed by atoms with E-state index in [0.29, 0.717) is 24.5 Å². The Morgan fingerprint density at radius 3 is 2.32 bits per heavy atom. The number of methoxy groups -OCH3 is 2. The zero-order valence-corrected chi connectivity index (χ0v) is 20.1. The van der Waals surface area contributed by atoms with E-state index in [4.69, 9.17) is 14.2 Å². The summed E-state index contributed by atoms with van der Waals surface area (Å²) in [5.41, 5.74) is 2.88. The molecule has 0 bridgehead atoms. The summed E-state index contributed by atoms with van der Waals surface area (Å²) < 4.78 is 15.9. The molecular weight excluding hydrogens is 436 g/mol. The smallest absolute Gasteiger partial charge is 0.238 e. The first-order chi connectivity index (χ1) is 16.5. The molecule has 0 aliphatic carbocycles. The van der Waals surface area contributed by atoms with Gasteiger partial charge in [-0.05, 0) is 55.4 Å². The number of amides is 2. The summed E-state index contributed by atoms with van der Waals surface area (Å²) in [6.45, 7) is 3.94. The molecule has 1 fully saturated rings. The van der Waals surface area contributed by atoms with Crippen molar-refractivity contribution in [3.63, 3.8) is 0 Å². The van der Waals surface area contributed by atoms with Crippen molar-refractivity contribution in [1.82, 2.24) is 10.2 Å². The molecule has 2 aromatic rings. The molecule has 1 saturated heterocycles. The number of nitrogens with zero attached hydrogens (tertiary/aromatic N) is 2. The fourth-order valence-electron chi connectivity index (χ4n) is 3.76. The molecule has 1 aliphatic rings. The number of likely N-dealkylation sites (N-methyl/N-ethyl adjacent to an activating group) is 1. The SMILES string of the molecule is COc1ccc(CCNC(=O)CN(C)CC(=O)Nc2ccc(N3CCOCC3)cc2)cc1OC. The highest BCUT2D eigenvalue weighted by Gasteiger charge is 2.13. The summed E-state index contributed by atoms with van der Waals surface area (Å²) in [6, 6.07) is 13.5. The Labute approximate surface area is 201 Å². The van der Waals surface area contributed by atoms with Gasteiger partial charge in [0.25, 0.3) is 0 Å². The second-order valence-electron chi connectivity index (χ2n) is 8.16. The van der Waals surface area contributed by atoms with Crippen LogP contribution in [0, 0.1) is 0 Å². The average molecular weight is 471 g/mol. The summed E-state index contributed by atoms with van der Waals surface area (Å²) in [5, 5.41) is 5.77. The lowest BCUT2D eigenvalue weighted by Crippen LogP contribution is -2.39. The number of anilines is 2. The number of benzene rings is 2. The summed E-state index contributed by atoms with van der Waals surface area (Å²) in [4.78, 5) is 28.6. The van der Waals surface area contributed by atoms with Crippen LogP contribution < -0.4 is 25.0 Å². The van der Waals surface area contributed by atoms with Crippen LogP contribution in [0.1, 0.15) is 5.56 Å². The van der Waals surface area contributed by atoms with Crippen molar-refractivity contribution in [1.29, 1.82) is 0 Å². The van der Waals surface area contributed by atoms with E-state index in [0.717, 1.165) is 43.2 Å². The van der Waals surface area contributed by atoms with Gasteiger partial charge in [0, 0.05) is 31.0 Å². The summed E-state index contributed by atoms with van der Waals surface area (Å²) in [7, 11) is 4.93. The minimum atomic E-state index is -0.167. The molecule has 3 rings (SSSR count). The lowest BCUT2D eigenvalue weighted by molar-refractivity contribution is -0.122. The van der Waals surface area contributed by atoms with Crippen LogP contribution in [0.2, 0.25) is 0 Å². The van der Waals surface area contributed by atoms with Gasteiger partial charge in [-0.3, -0.25) is 14.5 Å². The van der Waals surface area contributed by atoms with E-state index in [2.05, 4.69) is 15.5 Å². The van der Waals surface area contributed by atoms with Crippen LogP contribution >= 0.6 is 0 Å². The molecule has 1 heterocycles. The Kier molecular flexibility index (Phi) is 9.54. The van der Waals surface area contributed by atoms with Crippen LogP contribution in [-0.4, -0.2) is 83.9 Å². The van der Waals surface area contributed by atoms with Crippen LogP contribution in [0.25, 0.3) is 0 Å². The van der Waals surface area contributed by atoms with Crippen molar-refractivity contribution in [2.24, 2.45) is 0 Å². The molecule has 0 unspecified atom stereocenters. The fourth-order valence-corrected chi connectivity index (χ4v) is 3.76. The third kappa shape index (κ3) is 7.64. The largest absolute Gasteiger partial charge is 0.493 e. The number of ether oxygens (including phenoxy) is 3. The Morgan fingerprint density at radius 2 is 1.65 bits per heavy atom. The number of nitrogens with one attached hydrogen (secondary N) is 2. The highest BCUT2D eigenvalue weighted by molar-refractivity contribution is 5.92. The van der Waals surface area contributed by atoms with Crippen molar-refractivity contribution in [2.45, 2.75) is 6.42 Å². The van der Waals surface area contributed by atoms with Crippen molar-refractivity contribution in [2.75, 3.05) is 77.4 Å². The van der Waals surface area contributed by atoms with E-state index < -0.39 is 0 Å². The van der Waals surface area contributed by atoms with Crippen molar-refractivity contribution in [3.8, 4) is 11.5 Å². The van der Waals surface area contributed by atoms with Crippen molar-refractivity contribution >= 4 is 23.2 Å². The predicted molar refractivity (Wildman–Crippen MR) is 132 cm³/mol. The van der Waals surface area contributed by atoms with Crippen molar-refractivity contribution in [3.05, 3.63) is 48.0 Å². The van der Waals surface area contributed by atoms with Crippen molar-refractivity contribution < 1.29 is 23.8 Å². The van der Waals surface area contributed by atoms with Gasteiger partial charge in [-0.25, -0.2) is 0 Å². The fraction of sp³-hybridized carbons (Fsp3) is 0.440. The molecular formula is C25H34N4O5. The van der Waals surface area contributed by atoms with E-state index in [1.807, 2.05) is 42.5 Å². The lowest BCUT2D eigenvalue weighted by Gasteiger charge is -2.28. The monoisotopic (exact) mass is 470 g/mol. The number of hydrogen-bond acceptors (Lipinski definition) is 7. The van der Waals surface area contributed by atoms with Gasteiger partial charge in [-0.15, -0.1) is 0 Å². The van der Waals surface area contributed by atoms with Gasteiger partial charge in [-0.1, -0.05) is 6.07 Å². The minimum absolute atomic E-state index is 0.119. The van der Waals surface area contributed by atoms with Gasteiger partial charge >= 0.3 is 0 Å². The molecule has 0 saturated carbocycles. The van der Waals surface area contributed by atoms with E-state index in [9.17, 15) is 9.59 Å². The number of carbonyl (C=O) groups is 2. The number of morpholine rings is 1. The molecule has 0 radical (unpaired) electrons. The number of hydrogen-bond donors (Lipinski definition) is 2. The quantitative estimate of drug-likeness (QED) is 0.517. The molecule has 9 heteroatoms. The maximum absolute atomic E-state index is 12.4. The summed E-state index contributed by atoms with van der Waals surface area (Å²) in [5.74, 6) is 1.03. The average Bonchev–Trinajstić information content (AvgIpc) is 2.84. The Hall–Kier alpha value is -3.30. The minimum Gasteiger partial charge on any atom is -0.493 e. The molecule has 2 N–H and O–H groups in total. The maximum atomic E-state index is 12.4. The van der Waals surface area contributed by atoms with Gasteiger partial charge in [-0.2, -0.15) is 0 Å². The maximum Gasteiger partial charge on any atom is 0.238 e. The van der Waals surface area contributed by atoms with Gasteiger partial charge < -0.3 is 29.7 Å². The van der Waals surface area contributed by atoms with E-state index in [1.165, 1.54) is 0 Å². The molecule has 34 heavy (non-hydrogen) atoms. The first kappa shape index (κ1) is 25.3. The van der Waals surface area contributed by atoms with E-state index in [-0.39, 0.29) is 24.9 Å². The van der Waals surface area contributed by atoms with E-state index >= 15 is 0 Å². The molecule has 0 spiro atoms. The second kappa shape index (κ2) is 12.8. The predicted octanol–water partition coefficient (Wildman–Crippen LogP) is 1.77. The van der Waals surface area contributed by atoms with Crippen LogP contribution in [-0.2, 0) is 20.7 Å². The topological polar surface area (TPSA) is 92.4 Å². The van der Waals surface area contributed by atoms with Crippen LogP contribution in [0.15, 0.2) is 42.5 Å². The lowest BCUT2D eigenvalue weighted by atomic mass is 10.1. The van der Waals surface area contributed by atoms with Crippen LogP contribution in [0.3, 0.4) is 0 Å². The molecule has 2 amide bonds. The number of carbonyl (C=O) groups excluding carboxylic acids is 2. The molecule has 0 aromatic heterocycles. The molecule has 184 valence electrons. The highest BCUT2D eigenvalue weighted by Crippen LogP contribution is 2.27. The second-order valence-corrected chi connectivity index (χ2v) is 8.16. The van der Waals surface area contributed by atoms with Gasteiger partial charge in [0.1, 0.15) is 0 Å². The standard InChI is InChI=1S/C25H34N4O5/c1-28(17-24(30)26-11-10-19-4-9-22(32-2)23(16-19)33-3)18-25(31)27-20-5-7-21(8-6-20)29-12-14-34-15-13-29/h4-9,16H,10-15,17-18H2,1-3H3,(H,26,30)(H,27,31). The van der Waals surface area contributed by atoms with E-state index in [1.54, 1.807) is 26.2 Å². The third-order valence-corrected chi connectivity index (χ3v) is 5.54. The zero-order chi connectivity index (χ0) is 24.3. The third-order valence-electron chi connectivity index (χ3n) is 5.54. The van der Waals surface area contributed by atoms with Crippen LogP contribution in [0.4, 0.5) is 11.4 Å². The molecule has 1 aliphatic heterocycles. The molecule has 2 aromatic carbocycles. The Morgan fingerprint density at radius 1 is 0.971 bits per heavy atom. The zero-order valence-electron chi connectivity index (χ0n) is 20.1. The summed E-state index contributed by atoms with van der Waals surface area (Å²) in [6.07, 6.45) is 0.663. The Bertz CT molecular complexity index is 945. The highest BCUT2D eigenvalue weighted by atomic mass is 16.5. The van der Waals surface area contributed by atoms with Gasteiger partial charge in [0.05, 0.1) is 40.5 Å². The van der Waals surface area contributed by atoms with Gasteiger partial charge in [0.2, 0.25) is 11.8 Å². The van der Waals surface area contributed by atoms with Gasteiger partial charge in [0.15, 0.2) is 11.5 Å². The summed E-state index contributed by atoms with van der Waals surface area (Å²) >= 11 is 0. The van der Waals surface area contributed by atoms with Crippen LogP contribution in [0.5, 0.6) is 11.5 Å². The normalized spacial score (nSPS) is 13.5. The number of rotatable bonds is 11. The first-order valence-corrected chi connectivity index (χ1v) is 11.4. The molecule has 0 atom stereocenters. The molecule has 9 nitrogen and oxygen atoms in total. The first-order valence-electron chi connectivity index (χ1n) is 11.4.